The third-order valence-corrected chi connectivity index (χ3v) is 2.44. The Morgan fingerprint density at radius 1 is 1.43 bits per heavy atom. The highest BCUT2D eigenvalue weighted by molar-refractivity contribution is 5.09. The van der Waals surface area contributed by atoms with E-state index in [0.29, 0.717) is 5.95 Å². The van der Waals surface area contributed by atoms with Gasteiger partial charge in [0.15, 0.2) is 0 Å². The maximum Gasteiger partial charge on any atom is 0.240 e. The molecule has 0 amide bonds. The zero-order chi connectivity index (χ0) is 10.4. The standard InChI is InChI=1S/C9H19N5/c1-3-4-5-8(2)6-7-14-9(10)11-12-13-14/h8H,3-7H2,1-2H3,(H2,10,11,13). The van der Waals surface area contributed by atoms with Gasteiger partial charge in [0, 0.05) is 6.54 Å². The zero-order valence-electron chi connectivity index (χ0n) is 8.98. The van der Waals surface area contributed by atoms with E-state index in [-0.39, 0.29) is 0 Å². The molecule has 0 aromatic carbocycles. The summed E-state index contributed by atoms with van der Waals surface area (Å²) in [4.78, 5) is 0. The van der Waals surface area contributed by atoms with E-state index in [1.165, 1.54) is 19.3 Å². The minimum Gasteiger partial charge on any atom is -0.367 e. The lowest BCUT2D eigenvalue weighted by Gasteiger charge is -2.09. The smallest absolute Gasteiger partial charge is 0.240 e. The second-order valence-electron chi connectivity index (χ2n) is 3.80. The first-order valence-electron chi connectivity index (χ1n) is 5.25. The molecule has 0 spiro atoms. The lowest BCUT2D eigenvalue weighted by Crippen LogP contribution is -2.08. The Labute approximate surface area is 84.7 Å². The summed E-state index contributed by atoms with van der Waals surface area (Å²) in [6.45, 7) is 5.30. The Morgan fingerprint density at radius 2 is 2.21 bits per heavy atom. The summed E-state index contributed by atoms with van der Waals surface area (Å²) in [5.74, 6) is 1.13. The van der Waals surface area contributed by atoms with Gasteiger partial charge in [-0.05, 0) is 22.8 Å². The Bertz CT molecular complexity index is 257. The largest absolute Gasteiger partial charge is 0.367 e. The average molecular weight is 197 g/mol. The quantitative estimate of drug-likeness (QED) is 0.749. The molecule has 0 aliphatic rings. The van der Waals surface area contributed by atoms with E-state index in [4.69, 9.17) is 5.73 Å². The second kappa shape index (κ2) is 5.57. The molecule has 5 nitrogen and oxygen atoms in total. The van der Waals surface area contributed by atoms with Crippen molar-refractivity contribution in [2.24, 2.45) is 5.92 Å². The number of unbranched alkanes of at least 4 members (excludes halogenated alkanes) is 1. The highest BCUT2D eigenvalue weighted by Crippen LogP contribution is 2.12. The summed E-state index contributed by atoms with van der Waals surface area (Å²) in [6.07, 6.45) is 4.93. The second-order valence-corrected chi connectivity index (χ2v) is 3.80. The van der Waals surface area contributed by atoms with Crippen LogP contribution >= 0.6 is 0 Å². The summed E-state index contributed by atoms with van der Waals surface area (Å²) in [5.41, 5.74) is 5.55. The zero-order valence-corrected chi connectivity index (χ0v) is 8.98. The van der Waals surface area contributed by atoms with Gasteiger partial charge in [0.05, 0.1) is 0 Å². The van der Waals surface area contributed by atoms with Crippen LogP contribution in [0.2, 0.25) is 0 Å². The number of anilines is 1. The Kier molecular flexibility index (Phi) is 4.35. The van der Waals surface area contributed by atoms with E-state index in [1.807, 2.05) is 0 Å². The number of tetrazole rings is 1. The number of nitrogens with two attached hydrogens (primary N) is 1. The predicted octanol–water partition coefficient (Wildman–Crippen LogP) is 1.47. The van der Waals surface area contributed by atoms with E-state index in [9.17, 15) is 0 Å². The summed E-state index contributed by atoms with van der Waals surface area (Å²) in [6, 6.07) is 0. The Hall–Kier alpha value is -1.13. The molecule has 0 fully saturated rings. The molecule has 5 heteroatoms. The van der Waals surface area contributed by atoms with Crippen LogP contribution in [-0.4, -0.2) is 20.2 Å². The van der Waals surface area contributed by atoms with Crippen LogP contribution in [0.1, 0.15) is 39.5 Å². The first-order valence-corrected chi connectivity index (χ1v) is 5.25. The molecule has 0 bridgehead atoms. The van der Waals surface area contributed by atoms with Crippen molar-refractivity contribution in [1.82, 2.24) is 20.2 Å². The van der Waals surface area contributed by atoms with Crippen molar-refractivity contribution in [2.75, 3.05) is 5.73 Å². The Morgan fingerprint density at radius 3 is 2.79 bits per heavy atom. The molecule has 1 rings (SSSR count). The van der Waals surface area contributed by atoms with E-state index in [0.717, 1.165) is 18.9 Å². The fraction of sp³-hybridized carbons (Fsp3) is 0.889. The van der Waals surface area contributed by atoms with Crippen LogP contribution in [0.5, 0.6) is 0 Å². The van der Waals surface area contributed by atoms with Gasteiger partial charge in [-0.3, -0.25) is 0 Å². The van der Waals surface area contributed by atoms with Crippen LogP contribution in [0.15, 0.2) is 0 Å². The SMILES string of the molecule is CCCCC(C)CCn1nnnc1N. The number of hydrogen-bond acceptors (Lipinski definition) is 4. The van der Waals surface area contributed by atoms with Gasteiger partial charge < -0.3 is 5.73 Å². The lowest BCUT2D eigenvalue weighted by molar-refractivity contribution is 0.421. The molecule has 0 radical (unpaired) electrons. The van der Waals surface area contributed by atoms with Crippen molar-refractivity contribution in [3.8, 4) is 0 Å². The predicted molar refractivity (Wildman–Crippen MR) is 55.5 cm³/mol. The van der Waals surface area contributed by atoms with E-state index >= 15 is 0 Å². The first-order chi connectivity index (χ1) is 6.74. The molecule has 14 heavy (non-hydrogen) atoms. The minimum absolute atomic E-state index is 0.410. The highest BCUT2D eigenvalue weighted by atomic mass is 15.6. The fourth-order valence-electron chi connectivity index (χ4n) is 1.41. The number of nitrogens with zero attached hydrogens (tertiary/aromatic N) is 4. The summed E-state index contributed by atoms with van der Waals surface area (Å²) in [7, 11) is 0. The summed E-state index contributed by atoms with van der Waals surface area (Å²) < 4.78 is 1.66. The van der Waals surface area contributed by atoms with Crippen LogP contribution in [0.3, 0.4) is 0 Å². The molecule has 0 aliphatic carbocycles. The van der Waals surface area contributed by atoms with Crippen molar-refractivity contribution < 1.29 is 0 Å². The first kappa shape index (κ1) is 10.9. The van der Waals surface area contributed by atoms with Gasteiger partial charge in [0.25, 0.3) is 0 Å². The van der Waals surface area contributed by atoms with Crippen molar-refractivity contribution in [2.45, 2.75) is 46.1 Å². The van der Waals surface area contributed by atoms with Crippen molar-refractivity contribution in [1.29, 1.82) is 0 Å². The average Bonchev–Trinajstić information content (AvgIpc) is 2.58. The lowest BCUT2D eigenvalue weighted by atomic mass is 10.0. The maximum absolute atomic E-state index is 5.55. The molecular weight excluding hydrogens is 178 g/mol. The van der Waals surface area contributed by atoms with Gasteiger partial charge in [-0.25, -0.2) is 4.68 Å². The van der Waals surface area contributed by atoms with Gasteiger partial charge in [0.1, 0.15) is 0 Å². The molecule has 1 aromatic heterocycles. The summed E-state index contributed by atoms with van der Waals surface area (Å²) in [5, 5.41) is 10.9. The molecule has 0 saturated carbocycles. The van der Waals surface area contributed by atoms with Gasteiger partial charge in [0.2, 0.25) is 5.95 Å². The molecule has 80 valence electrons. The highest BCUT2D eigenvalue weighted by Gasteiger charge is 2.05. The normalized spacial score (nSPS) is 13.0. The minimum atomic E-state index is 0.410. The van der Waals surface area contributed by atoms with Crippen LogP contribution in [0.4, 0.5) is 5.95 Å². The molecule has 0 saturated heterocycles. The Balaban J connectivity index is 2.23. The third kappa shape index (κ3) is 3.32. The van der Waals surface area contributed by atoms with Gasteiger partial charge in [-0.1, -0.05) is 38.2 Å². The maximum atomic E-state index is 5.55. The van der Waals surface area contributed by atoms with Gasteiger partial charge >= 0.3 is 0 Å². The third-order valence-electron chi connectivity index (χ3n) is 2.44. The molecular formula is C9H19N5. The summed E-state index contributed by atoms with van der Waals surface area (Å²) >= 11 is 0. The molecule has 1 unspecified atom stereocenters. The van der Waals surface area contributed by atoms with Gasteiger partial charge in [-0.15, -0.1) is 0 Å². The van der Waals surface area contributed by atoms with Crippen molar-refractivity contribution >= 4 is 5.95 Å². The fourth-order valence-corrected chi connectivity index (χ4v) is 1.41. The van der Waals surface area contributed by atoms with E-state index in [2.05, 4.69) is 29.4 Å². The number of rotatable bonds is 6. The van der Waals surface area contributed by atoms with E-state index < -0.39 is 0 Å². The van der Waals surface area contributed by atoms with Crippen LogP contribution in [0, 0.1) is 5.92 Å². The molecule has 1 heterocycles. The van der Waals surface area contributed by atoms with Crippen molar-refractivity contribution in [3.63, 3.8) is 0 Å². The topological polar surface area (TPSA) is 69.6 Å². The number of aromatic nitrogens is 4. The van der Waals surface area contributed by atoms with Crippen LogP contribution in [-0.2, 0) is 6.54 Å². The van der Waals surface area contributed by atoms with Crippen molar-refractivity contribution in [3.05, 3.63) is 0 Å². The van der Waals surface area contributed by atoms with Gasteiger partial charge in [-0.2, -0.15) is 0 Å². The molecule has 2 N–H and O–H groups in total. The van der Waals surface area contributed by atoms with Crippen LogP contribution in [0.25, 0.3) is 0 Å². The number of nitrogen functional groups attached to an aromatic ring is 1. The number of aryl methyl sites for hydroxylation is 1. The van der Waals surface area contributed by atoms with Crippen LogP contribution < -0.4 is 5.73 Å². The number of hydrogen-bond donors (Lipinski definition) is 1. The monoisotopic (exact) mass is 197 g/mol. The van der Waals surface area contributed by atoms with E-state index in [1.54, 1.807) is 4.68 Å². The molecule has 0 aliphatic heterocycles. The molecule has 1 aromatic rings. The molecule has 1 atom stereocenters.